The Hall–Kier alpha value is -3.53. The molecule has 34 heavy (non-hydrogen) atoms. The summed E-state index contributed by atoms with van der Waals surface area (Å²) in [6, 6.07) is 22.7. The Balaban J connectivity index is 1.78. The molecule has 174 valence electrons. The van der Waals surface area contributed by atoms with Crippen LogP contribution in [0.25, 0.3) is 11.3 Å². The lowest BCUT2D eigenvalue weighted by molar-refractivity contribution is -0.120. The van der Waals surface area contributed by atoms with Crippen molar-refractivity contribution in [2.75, 3.05) is 12.4 Å². The number of carbonyl (C=O) groups is 1. The summed E-state index contributed by atoms with van der Waals surface area (Å²) in [5.41, 5.74) is 1.73. The van der Waals surface area contributed by atoms with E-state index < -0.39 is 23.6 Å². The Labute approximate surface area is 210 Å². The van der Waals surface area contributed by atoms with Gasteiger partial charge < -0.3 is 20.1 Å². The van der Waals surface area contributed by atoms with Crippen molar-refractivity contribution in [3.05, 3.63) is 98.5 Å². The molecule has 3 aromatic carbocycles. The summed E-state index contributed by atoms with van der Waals surface area (Å²) in [5, 5.41) is 14.0. The van der Waals surface area contributed by atoms with Crippen LogP contribution in [0.4, 0.5) is 5.69 Å². The van der Waals surface area contributed by atoms with Gasteiger partial charge in [0.25, 0.3) is 0 Å². The Morgan fingerprint density at radius 3 is 2.29 bits per heavy atom. The highest BCUT2D eigenvalue weighted by molar-refractivity contribution is 14.1. The fraction of sp³-hybridized carbons (Fsp3) is 0.154. The zero-order valence-electron chi connectivity index (χ0n) is 18.7. The van der Waals surface area contributed by atoms with Gasteiger partial charge in [0.1, 0.15) is 17.5 Å². The van der Waals surface area contributed by atoms with Crippen LogP contribution in [-0.4, -0.2) is 27.7 Å². The van der Waals surface area contributed by atoms with Crippen molar-refractivity contribution < 1.29 is 14.6 Å². The molecule has 0 fully saturated rings. The van der Waals surface area contributed by atoms with Gasteiger partial charge in [-0.05, 0) is 76.7 Å². The van der Waals surface area contributed by atoms with Gasteiger partial charge in [0.05, 0.1) is 7.11 Å². The minimum atomic E-state index is -1.00. The lowest BCUT2D eigenvalue weighted by Gasteiger charge is -2.25. The summed E-state index contributed by atoms with van der Waals surface area (Å²) in [7, 11) is 1.56. The molecule has 0 aliphatic carbocycles. The second-order valence-corrected chi connectivity index (χ2v) is 9.11. The quantitative estimate of drug-likeness (QED) is 0.269. The molecular weight excluding hydrogens is 545 g/mol. The third-order valence-corrected chi connectivity index (χ3v) is 6.46. The molecule has 0 aliphatic rings. The van der Waals surface area contributed by atoms with E-state index in [1.165, 1.54) is 0 Å². The van der Waals surface area contributed by atoms with Gasteiger partial charge >= 0.3 is 5.69 Å². The van der Waals surface area contributed by atoms with E-state index in [1.807, 2.05) is 49.4 Å². The summed E-state index contributed by atoms with van der Waals surface area (Å²) >= 11 is 2.19. The van der Waals surface area contributed by atoms with Gasteiger partial charge in [-0.2, -0.15) is 0 Å². The Kier molecular flexibility index (Phi) is 7.06. The zero-order valence-corrected chi connectivity index (χ0v) is 20.8. The molecule has 0 bridgehead atoms. The number of nitrogens with one attached hydrogen (secondary N) is 2. The van der Waals surface area contributed by atoms with Gasteiger partial charge in [0.15, 0.2) is 0 Å². The highest BCUT2D eigenvalue weighted by Crippen LogP contribution is 2.35. The number of rotatable bonds is 7. The Morgan fingerprint density at radius 2 is 1.68 bits per heavy atom. The summed E-state index contributed by atoms with van der Waals surface area (Å²) in [6.45, 7) is 1.86. The molecule has 3 N–H and O–H groups in total. The van der Waals surface area contributed by atoms with E-state index in [2.05, 4.69) is 32.9 Å². The molecular formula is C26H24IN3O4. The van der Waals surface area contributed by atoms with E-state index in [1.54, 1.807) is 43.5 Å². The number of aromatic hydroxyl groups is 1. The van der Waals surface area contributed by atoms with Crippen LogP contribution in [0.15, 0.2) is 83.7 Å². The molecule has 1 aromatic heterocycles. The molecule has 0 spiro atoms. The third kappa shape index (κ3) is 4.86. The molecule has 7 nitrogen and oxygen atoms in total. The largest absolute Gasteiger partial charge is 0.497 e. The van der Waals surface area contributed by atoms with E-state index in [0.717, 1.165) is 13.7 Å². The smallest absolute Gasteiger partial charge is 0.329 e. The van der Waals surface area contributed by atoms with Crippen LogP contribution >= 0.6 is 22.6 Å². The van der Waals surface area contributed by atoms with Crippen molar-refractivity contribution in [1.82, 2.24) is 9.55 Å². The fourth-order valence-electron chi connectivity index (χ4n) is 3.91. The van der Waals surface area contributed by atoms with E-state index in [4.69, 9.17) is 4.74 Å². The molecule has 0 unspecified atom stereocenters. The predicted octanol–water partition coefficient (Wildman–Crippen LogP) is 5.15. The van der Waals surface area contributed by atoms with Crippen molar-refractivity contribution >= 4 is 34.2 Å². The fourth-order valence-corrected chi connectivity index (χ4v) is 4.27. The molecule has 4 rings (SSSR count). The average Bonchev–Trinajstić information content (AvgIpc) is 3.15. The first kappa shape index (κ1) is 23.6. The highest BCUT2D eigenvalue weighted by Gasteiger charge is 2.33. The lowest BCUT2D eigenvalue weighted by Crippen LogP contribution is -2.35. The molecule has 1 heterocycles. The summed E-state index contributed by atoms with van der Waals surface area (Å²) in [4.78, 5) is 29.3. The monoisotopic (exact) mass is 569 g/mol. The normalized spacial score (nSPS) is 12.7. The van der Waals surface area contributed by atoms with Crippen LogP contribution in [0, 0.1) is 3.57 Å². The van der Waals surface area contributed by atoms with Gasteiger partial charge in [-0.1, -0.05) is 37.3 Å². The first-order valence-corrected chi connectivity index (χ1v) is 11.8. The van der Waals surface area contributed by atoms with Gasteiger partial charge in [-0.25, -0.2) is 9.36 Å². The van der Waals surface area contributed by atoms with Crippen LogP contribution in [0.5, 0.6) is 11.6 Å². The number of hydrogen-bond donors (Lipinski definition) is 3. The molecule has 8 heteroatoms. The van der Waals surface area contributed by atoms with Crippen LogP contribution in [-0.2, 0) is 4.79 Å². The van der Waals surface area contributed by atoms with Gasteiger partial charge in [0.2, 0.25) is 11.8 Å². The van der Waals surface area contributed by atoms with Gasteiger partial charge in [-0.3, -0.25) is 4.79 Å². The number of methoxy groups -OCH3 is 1. The van der Waals surface area contributed by atoms with Crippen LogP contribution in [0.3, 0.4) is 0 Å². The van der Waals surface area contributed by atoms with Crippen LogP contribution in [0.2, 0.25) is 0 Å². The highest BCUT2D eigenvalue weighted by atomic mass is 127. The first-order valence-electron chi connectivity index (χ1n) is 10.7. The van der Waals surface area contributed by atoms with Crippen LogP contribution < -0.4 is 15.7 Å². The van der Waals surface area contributed by atoms with Crippen molar-refractivity contribution in [3.8, 4) is 22.9 Å². The minimum Gasteiger partial charge on any atom is -0.497 e. The number of anilines is 1. The SMILES string of the molecule is COc1ccc(-c2[nH]c(=O)n([C@H](C(=O)Nc3ccc(I)cc3)[C@@H](C)c3ccccc3)c2O)cc1. The number of ether oxygens (including phenoxy) is 1. The van der Waals surface area contributed by atoms with Gasteiger partial charge in [-0.15, -0.1) is 0 Å². The van der Waals surface area contributed by atoms with E-state index in [-0.39, 0.29) is 11.6 Å². The standard InChI is InChI=1S/C26H24IN3O4/c1-16(17-6-4-3-5-7-17)23(24(31)28-20-12-10-19(27)11-13-20)30-25(32)22(29-26(30)33)18-8-14-21(34-2)15-9-18/h3-16,23,32H,1-2H3,(H,28,31)(H,29,33)/t16-,23-/m0/s1. The first-order chi connectivity index (χ1) is 16.4. The lowest BCUT2D eigenvalue weighted by atomic mass is 9.92. The Bertz CT molecular complexity index is 1330. The van der Waals surface area contributed by atoms with Crippen LogP contribution in [0.1, 0.15) is 24.4 Å². The number of halogens is 1. The third-order valence-electron chi connectivity index (χ3n) is 5.74. The topological polar surface area (TPSA) is 96.4 Å². The second kappa shape index (κ2) is 10.2. The average molecular weight is 569 g/mol. The molecule has 0 saturated carbocycles. The Morgan fingerprint density at radius 1 is 1.03 bits per heavy atom. The van der Waals surface area contributed by atoms with Crippen molar-refractivity contribution in [3.63, 3.8) is 0 Å². The molecule has 4 aromatic rings. The molecule has 0 saturated heterocycles. The molecule has 1 amide bonds. The van der Waals surface area contributed by atoms with Gasteiger partial charge in [0, 0.05) is 20.7 Å². The van der Waals surface area contributed by atoms with E-state index >= 15 is 0 Å². The van der Waals surface area contributed by atoms with Crippen molar-refractivity contribution in [1.29, 1.82) is 0 Å². The maximum atomic E-state index is 13.5. The molecule has 2 atom stereocenters. The number of nitrogens with zero attached hydrogens (tertiary/aromatic N) is 1. The maximum absolute atomic E-state index is 13.5. The number of amides is 1. The number of imidazole rings is 1. The summed E-state index contributed by atoms with van der Waals surface area (Å²) in [5.74, 6) is -0.471. The minimum absolute atomic E-state index is 0.236. The van der Waals surface area contributed by atoms with Crippen molar-refractivity contribution in [2.24, 2.45) is 0 Å². The number of benzene rings is 3. The number of H-pyrrole nitrogens is 1. The number of carbonyl (C=O) groups excluding carboxylic acids is 1. The maximum Gasteiger partial charge on any atom is 0.329 e. The predicted molar refractivity (Wildman–Crippen MR) is 140 cm³/mol. The summed E-state index contributed by atoms with van der Waals surface area (Å²) in [6.07, 6.45) is 0. The molecule has 0 aliphatic heterocycles. The number of aromatic nitrogens is 2. The number of hydrogen-bond acceptors (Lipinski definition) is 4. The summed E-state index contributed by atoms with van der Waals surface area (Å²) < 4.78 is 7.35. The molecule has 0 radical (unpaired) electrons. The zero-order chi connectivity index (χ0) is 24.2. The second-order valence-electron chi connectivity index (χ2n) is 7.87. The van der Waals surface area contributed by atoms with Crippen molar-refractivity contribution in [2.45, 2.75) is 18.9 Å². The number of aromatic amines is 1. The van der Waals surface area contributed by atoms with E-state index in [9.17, 15) is 14.7 Å². The van der Waals surface area contributed by atoms with E-state index in [0.29, 0.717) is 17.0 Å².